The highest BCUT2D eigenvalue weighted by Crippen LogP contribution is 2.17. The molecule has 3 heteroatoms. The van der Waals surface area contributed by atoms with Crippen LogP contribution in [0.3, 0.4) is 0 Å². The van der Waals surface area contributed by atoms with E-state index in [9.17, 15) is 0 Å². The van der Waals surface area contributed by atoms with Crippen LogP contribution in [-0.4, -0.2) is 6.54 Å². The zero-order valence-electron chi connectivity index (χ0n) is 7.54. The van der Waals surface area contributed by atoms with Crippen molar-refractivity contribution in [1.82, 2.24) is 0 Å². The van der Waals surface area contributed by atoms with Crippen LogP contribution in [0.1, 0.15) is 24.4 Å². The number of hydrogen-bond acceptors (Lipinski definition) is 2. The van der Waals surface area contributed by atoms with Crippen molar-refractivity contribution >= 4 is 11.6 Å². The van der Waals surface area contributed by atoms with Gasteiger partial charge in [-0.3, -0.25) is 0 Å². The second-order valence-corrected chi connectivity index (χ2v) is 3.53. The van der Waals surface area contributed by atoms with E-state index in [1.54, 1.807) is 0 Å². The number of nitrogens with two attached hydrogens (primary N) is 2. The van der Waals surface area contributed by atoms with Crippen LogP contribution in [0.5, 0.6) is 0 Å². The number of benzene rings is 1. The fourth-order valence-electron chi connectivity index (χ4n) is 1.21. The quantitative estimate of drug-likeness (QED) is 0.779. The van der Waals surface area contributed by atoms with E-state index in [0.29, 0.717) is 6.54 Å². The van der Waals surface area contributed by atoms with Crippen LogP contribution in [-0.2, 0) is 0 Å². The molecule has 0 aliphatic rings. The van der Waals surface area contributed by atoms with Gasteiger partial charge in [0.2, 0.25) is 0 Å². The summed E-state index contributed by atoms with van der Waals surface area (Å²) in [6, 6.07) is 7.73. The molecule has 4 N–H and O–H groups in total. The average molecular weight is 199 g/mol. The van der Waals surface area contributed by atoms with E-state index >= 15 is 0 Å². The third-order valence-electron chi connectivity index (χ3n) is 2.02. The molecule has 0 fully saturated rings. The second-order valence-electron chi connectivity index (χ2n) is 3.09. The maximum Gasteiger partial charge on any atom is 0.0406 e. The lowest BCUT2D eigenvalue weighted by molar-refractivity contribution is 0.618. The first-order valence-electron chi connectivity index (χ1n) is 4.45. The Labute approximate surface area is 83.9 Å². The Hall–Kier alpha value is -0.570. The predicted octanol–water partition coefficient (Wildman–Crippen LogP) is 2.08. The third kappa shape index (κ3) is 3.35. The lowest BCUT2D eigenvalue weighted by atomic mass is 10.0. The van der Waals surface area contributed by atoms with Crippen LogP contribution in [0, 0.1) is 0 Å². The summed E-state index contributed by atoms with van der Waals surface area (Å²) in [7, 11) is 0. The molecular weight excluding hydrogens is 184 g/mol. The lowest BCUT2D eigenvalue weighted by Gasteiger charge is -2.10. The van der Waals surface area contributed by atoms with E-state index in [4.69, 9.17) is 23.1 Å². The van der Waals surface area contributed by atoms with Crippen LogP contribution in [0.25, 0.3) is 0 Å². The molecule has 1 aromatic carbocycles. The van der Waals surface area contributed by atoms with E-state index in [0.717, 1.165) is 23.4 Å². The van der Waals surface area contributed by atoms with Crippen molar-refractivity contribution in [3.8, 4) is 0 Å². The van der Waals surface area contributed by atoms with Crippen LogP contribution >= 0.6 is 11.6 Å². The molecule has 72 valence electrons. The summed E-state index contributed by atoms with van der Waals surface area (Å²) >= 11 is 5.76. The van der Waals surface area contributed by atoms with Crippen molar-refractivity contribution in [1.29, 1.82) is 0 Å². The third-order valence-corrected chi connectivity index (χ3v) is 2.27. The molecule has 0 heterocycles. The molecule has 2 nitrogen and oxygen atoms in total. The highest BCUT2D eigenvalue weighted by atomic mass is 35.5. The van der Waals surface area contributed by atoms with Crippen molar-refractivity contribution < 1.29 is 0 Å². The Bertz CT molecular complexity index is 246. The Morgan fingerprint density at radius 3 is 2.38 bits per heavy atom. The standard InChI is InChI=1S/C10H15ClN2/c11-9-5-3-8(4-6-9)10(13)2-1-7-12/h3-6,10H,1-2,7,12-13H2/t10-/m0/s1. The van der Waals surface area contributed by atoms with Gasteiger partial charge in [-0.25, -0.2) is 0 Å². The smallest absolute Gasteiger partial charge is 0.0406 e. The summed E-state index contributed by atoms with van der Waals surface area (Å²) in [4.78, 5) is 0. The van der Waals surface area contributed by atoms with Gasteiger partial charge in [-0.15, -0.1) is 0 Å². The molecule has 0 radical (unpaired) electrons. The minimum Gasteiger partial charge on any atom is -0.330 e. The van der Waals surface area contributed by atoms with Gasteiger partial charge in [0.05, 0.1) is 0 Å². The molecule has 1 rings (SSSR count). The van der Waals surface area contributed by atoms with Crippen molar-refractivity contribution in [2.24, 2.45) is 11.5 Å². The van der Waals surface area contributed by atoms with Crippen molar-refractivity contribution in [3.05, 3.63) is 34.9 Å². The molecular formula is C10H15ClN2. The van der Waals surface area contributed by atoms with E-state index in [1.807, 2.05) is 24.3 Å². The van der Waals surface area contributed by atoms with Gasteiger partial charge in [0.25, 0.3) is 0 Å². The Kier molecular flexibility index (Phi) is 4.22. The van der Waals surface area contributed by atoms with Gasteiger partial charge in [-0.2, -0.15) is 0 Å². The molecule has 0 aliphatic carbocycles. The van der Waals surface area contributed by atoms with Crippen LogP contribution in [0.4, 0.5) is 0 Å². The number of hydrogen-bond donors (Lipinski definition) is 2. The summed E-state index contributed by atoms with van der Waals surface area (Å²) in [6.07, 6.45) is 1.89. The second kappa shape index (κ2) is 5.22. The summed E-state index contributed by atoms with van der Waals surface area (Å²) < 4.78 is 0. The minimum atomic E-state index is 0.0841. The maximum atomic E-state index is 5.93. The Morgan fingerprint density at radius 1 is 1.23 bits per heavy atom. The van der Waals surface area contributed by atoms with Crippen molar-refractivity contribution in [3.63, 3.8) is 0 Å². The Morgan fingerprint density at radius 2 is 1.85 bits per heavy atom. The van der Waals surface area contributed by atoms with Gasteiger partial charge in [0, 0.05) is 11.1 Å². The Balaban J connectivity index is 2.55. The van der Waals surface area contributed by atoms with Crippen molar-refractivity contribution in [2.75, 3.05) is 6.54 Å². The summed E-state index contributed by atoms with van der Waals surface area (Å²) in [5.74, 6) is 0. The molecule has 0 aliphatic heterocycles. The predicted molar refractivity (Wildman–Crippen MR) is 56.7 cm³/mol. The van der Waals surface area contributed by atoms with Crippen molar-refractivity contribution in [2.45, 2.75) is 18.9 Å². The van der Waals surface area contributed by atoms with Gasteiger partial charge in [0.1, 0.15) is 0 Å². The maximum absolute atomic E-state index is 5.93. The van der Waals surface area contributed by atoms with Crippen LogP contribution in [0.2, 0.25) is 5.02 Å². The van der Waals surface area contributed by atoms with E-state index in [1.165, 1.54) is 0 Å². The normalized spacial score (nSPS) is 12.8. The SMILES string of the molecule is NCCC[C@H](N)c1ccc(Cl)cc1. The van der Waals surface area contributed by atoms with Gasteiger partial charge in [-0.05, 0) is 37.1 Å². The molecule has 0 unspecified atom stereocenters. The average Bonchev–Trinajstić information content (AvgIpc) is 2.15. The topological polar surface area (TPSA) is 52.0 Å². The van der Waals surface area contributed by atoms with Gasteiger partial charge >= 0.3 is 0 Å². The number of halogens is 1. The fraction of sp³-hybridized carbons (Fsp3) is 0.400. The summed E-state index contributed by atoms with van der Waals surface area (Å²) in [6.45, 7) is 0.696. The largest absolute Gasteiger partial charge is 0.330 e. The summed E-state index contributed by atoms with van der Waals surface area (Å²) in [5, 5.41) is 0.745. The van der Waals surface area contributed by atoms with Gasteiger partial charge in [0.15, 0.2) is 0 Å². The first-order valence-corrected chi connectivity index (χ1v) is 4.83. The first-order chi connectivity index (χ1) is 6.24. The lowest BCUT2D eigenvalue weighted by Crippen LogP contribution is -2.12. The molecule has 1 aromatic rings. The van der Waals surface area contributed by atoms with Crippen LogP contribution < -0.4 is 11.5 Å². The highest BCUT2D eigenvalue weighted by molar-refractivity contribution is 6.30. The fourth-order valence-corrected chi connectivity index (χ4v) is 1.34. The van der Waals surface area contributed by atoms with Crippen LogP contribution in [0.15, 0.2) is 24.3 Å². The molecule has 0 spiro atoms. The highest BCUT2D eigenvalue weighted by Gasteiger charge is 2.04. The van der Waals surface area contributed by atoms with Gasteiger partial charge < -0.3 is 11.5 Å². The molecule has 1 atom stereocenters. The van der Waals surface area contributed by atoms with Gasteiger partial charge in [-0.1, -0.05) is 23.7 Å². The van der Waals surface area contributed by atoms with E-state index in [-0.39, 0.29) is 6.04 Å². The summed E-state index contributed by atoms with van der Waals surface area (Å²) in [5.41, 5.74) is 12.5. The molecule has 0 aromatic heterocycles. The first kappa shape index (κ1) is 10.5. The zero-order chi connectivity index (χ0) is 9.68. The number of rotatable bonds is 4. The molecule has 0 amide bonds. The zero-order valence-corrected chi connectivity index (χ0v) is 8.30. The van der Waals surface area contributed by atoms with E-state index in [2.05, 4.69) is 0 Å². The molecule has 13 heavy (non-hydrogen) atoms. The molecule has 0 saturated heterocycles. The van der Waals surface area contributed by atoms with E-state index < -0.39 is 0 Å². The molecule has 0 saturated carbocycles. The molecule has 0 bridgehead atoms. The monoisotopic (exact) mass is 198 g/mol. The minimum absolute atomic E-state index is 0.0841.